The lowest BCUT2D eigenvalue weighted by molar-refractivity contribution is 0.0940. The first-order valence-electron chi connectivity index (χ1n) is 6.92. The topological polar surface area (TPSA) is 62.7 Å². The van der Waals surface area contributed by atoms with Gasteiger partial charge in [-0.3, -0.25) is 9.48 Å². The maximum absolute atomic E-state index is 12.1. The predicted octanol–water partition coefficient (Wildman–Crippen LogP) is 2.70. The Kier molecular flexibility index (Phi) is 3.25. The van der Waals surface area contributed by atoms with Gasteiger partial charge in [-0.15, -0.1) is 0 Å². The molecule has 2 heterocycles. The van der Waals surface area contributed by atoms with Crippen molar-refractivity contribution in [2.45, 2.75) is 19.9 Å². The molecule has 1 amide bonds. The quantitative estimate of drug-likeness (QED) is 0.776. The highest BCUT2D eigenvalue weighted by atomic mass is 16.1. The van der Waals surface area contributed by atoms with E-state index in [2.05, 4.69) is 27.5 Å². The number of nitrogens with one attached hydrogen (secondary N) is 2. The van der Waals surface area contributed by atoms with E-state index in [1.54, 1.807) is 24.1 Å². The van der Waals surface area contributed by atoms with Gasteiger partial charge in [0.2, 0.25) is 0 Å². The third-order valence-electron chi connectivity index (χ3n) is 3.59. The van der Waals surface area contributed by atoms with Crippen LogP contribution in [-0.4, -0.2) is 20.7 Å². The molecule has 0 spiro atoms. The highest BCUT2D eigenvalue weighted by Crippen LogP contribution is 2.21. The summed E-state index contributed by atoms with van der Waals surface area (Å²) in [6, 6.07) is 8.23. The minimum atomic E-state index is -0.110. The summed E-state index contributed by atoms with van der Waals surface area (Å²) in [6.45, 7) is 4.02. The van der Waals surface area contributed by atoms with Crippen molar-refractivity contribution in [3.05, 3.63) is 53.5 Å². The van der Waals surface area contributed by atoms with Crippen LogP contribution in [0.3, 0.4) is 0 Å². The molecule has 3 aromatic rings. The molecule has 1 atom stereocenters. The summed E-state index contributed by atoms with van der Waals surface area (Å²) in [7, 11) is 1.79. The zero-order chi connectivity index (χ0) is 15.0. The van der Waals surface area contributed by atoms with Crippen molar-refractivity contribution in [2.24, 2.45) is 7.05 Å². The summed E-state index contributed by atoms with van der Waals surface area (Å²) in [5.74, 6) is -0.110. The molecule has 108 valence electrons. The molecule has 0 aliphatic rings. The van der Waals surface area contributed by atoms with Gasteiger partial charge in [-0.25, -0.2) is 0 Å². The van der Waals surface area contributed by atoms with Crippen molar-refractivity contribution in [3.63, 3.8) is 0 Å². The number of aryl methyl sites for hydroxylation is 2. The van der Waals surface area contributed by atoms with Gasteiger partial charge in [-0.1, -0.05) is 6.07 Å². The number of hydrogen-bond acceptors (Lipinski definition) is 2. The highest BCUT2D eigenvalue weighted by Gasteiger charge is 2.13. The monoisotopic (exact) mass is 282 g/mol. The molecule has 2 N–H and O–H groups in total. The van der Waals surface area contributed by atoms with Crippen LogP contribution in [-0.2, 0) is 7.05 Å². The van der Waals surface area contributed by atoms with Gasteiger partial charge in [0, 0.05) is 24.5 Å². The molecule has 5 nitrogen and oxygen atoms in total. The molecule has 0 bridgehead atoms. The average Bonchev–Trinajstić information content (AvgIpc) is 3.02. The van der Waals surface area contributed by atoms with Gasteiger partial charge >= 0.3 is 0 Å². The minimum Gasteiger partial charge on any atom is -0.359 e. The summed E-state index contributed by atoms with van der Waals surface area (Å²) in [5, 5.41) is 8.17. The van der Waals surface area contributed by atoms with Gasteiger partial charge in [-0.2, -0.15) is 5.10 Å². The number of hydrogen-bond donors (Lipinski definition) is 2. The SMILES string of the molecule is Cc1cc2cc([C@@H](C)NC(=O)c3cnn(C)c3)ccc2[nH]1. The zero-order valence-electron chi connectivity index (χ0n) is 12.3. The van der Waals surface area contributed by atoms with Crippen LogP contribution < -0.4 is 5.32 Å². The van der Waals surface area contributed by atoms with Crippen molar-refractivity contribution in [1.82, 2.24) is 20.1 Å². The van der Waals surface area contributed by atoms with Crippen LogP contribution >= 0.6 is 0 Å². The number of fused-ring (bicyclic) bond motifs is 1. The van der Waals surface area contributed by atoms with E-state index in [9.17, 15) is 4.79 Å². The zero-order valence-corrected chi connectivity index (χ0v) is 12.3. The van der Waals surface area contributed by atoms with E-state index in [-0.39, 0.29) is 11.9 Å². The normalized spacial score (nSPS) is 12.5. The summed E-state index contributed by atoms with van der Waals surface area (Å²) in [5.41, 5.74) is 3.90. The predicted molar refractivity (Wildman–Crippen MR) is 82.1 cm³/mol. The summed E-state index contributed by atoms with van der Waals surface area (Å²) in [6.07, 6.45) is 3.28. The van der Waals surface area contributed by atoms with E-state index >= 15 is 0 Å². The molecule has 3 rings (SSSR count). The summed E-state index contributed by atoms with van der Waals surface area (Å²) < 4.78 is 1.62. The molecular formula is C16H18N4O. The Morgan fingerprint density at radius 3 is 2.90 bits per heavy atom. The molecule has 0 unspecified atom stereocenters. The highest BCUT2D eigenvalue weighted by molar-refractivity contribution is 5.94. The standard InChI is InChI=1S/C16H18N4O/c1-10-6-13-7-12(4-5-15(13)18-10)11(2)19-16(21)14-8-17-20(3)9-14/h4-9,11,18H,1-3H3,(H,19,21)/t11-/m1/s1. The van der Waals surface area contributed by atoms with Crippen molar-refractivity contribution < 1.29 is 4.79 Å². The fourth-order valence-corrected chi connectivity index (χ4v) is 2.47. The van der Waals surface area contributed by atoms with Gasteiger partial charge in [-0.05, 0) is 43.0 Å². The van der Waals surface area contributed by atoms with Gasteiger partial charge in [0.05, 0.1) is 17.8 Å². The summed E-state index contributed by atoms with van der Waals surface area (Å²) in [4.78, 5) is 15.4. The van der Waals surface area contributed by atoms with Crippen LogP contribution in [0.1, 0.15) is 34.6 Å². The first kappa shape index (κ1) is 13.4. The smallest absolute Gasteiger partial charge is 0.254 e. The molecule has 0 aliphatic heterocycles. The van der Waals surface area contributed by atoms with Crippen molar-refractivity contribution in [2.75, 3.05) is 0 Å². The molecule has 21 heavy (non-hydrogen) atoms. The number of carbonyl (C=O) groups is 1. The largest absolute Gasteiger partial charge is 0.359 e. The van der Waals surface area contributed by atoms with Crippen LogP contribution in [0.15, 0.2) is 36.7 Å². The van der Waals surface area contributed by atoms with Crippen molar-refractivity contribution in [1.29, 1.82) is 0 Å². The second-order valence-corrected chi connectivity index (χ2v) is 5.40. The second kappa shape index (κ2) is 5.09. The lowest BCUT2D eigenvalue weighted by atomic mass is 10.1. The average molecular weight is 282 g/mol. The minimum absolute atomic E-state index is 0.0580. The molecule has 0 fully saturated rings. The second-order valence-electron chi connectivity index (χ2n) is 5.40. The number of aromatic nitrogens is 3. The van der Waals surface area contributed by atoms with Crippen molar-refractivity contribution in [3.8, 4) is 0 Å². The van der Waals surface area contributed by atoms with Crippen LogP contribution in [0.25, 0.3) is 10.9 Å². The number of carbonyl (C=O) groups excluding carboxylic acids is 1. The Morgan fingerprint density at radius 1 is 1.38 bits per heavy atom. The Labute approximate surface area is 123 Å². The van der Waals surface area contributed by atoms with Gasteiger partial charge in [0.25, 0.3) is 5.91 Å². The van der Waals surface area contributed by atoms with E-state index in [1.165, 1.54) is 0 Å². The van der Waals surface area contributed by atoms with E-state index in [1.807, 2.05) is 26.0 Å². The Morgan fingerprint density at radius 2 is 2.19 bits per heavy atom. The maximum atomic E-state index is 12.1. The molecule has 1 aromatic carbocycles. The fraction of sp³-hybridized carbons (Fsp3) is 0.250. The van der Waals surface area contributed by atoms with Crippen LogP contribution in [0.2, 0.25) is 0 Å². The van der Waals surface area contributed by atoms with E-state index in [4.69, 9.17) is 0 Å². The first-order chi connectivity index (χ1) is 10.0. The van der Waals surface area contributed by atoms with Gasteiger partial charge < -0.3 is 10.3 Å². The third kappa shape index (κ3) is 2.67. The Bertz CT molecular complexity index is 800. The van der Waals surface area contributed by atoms with Crippen molar-refractivity contribution >= 4 is 16.8 Å². The molecule has 0 saturated carbocycles. The molecule has 5 heteroatoms. The van der Waals surface area contributed by atoms with Gasteiger partial charge in [0.1, 0.15) is 0 Å². The van der Waals surface area contributed by atoms with Crippen LogP contribution in [0.4, 0.5) is 0 Å². The number of benzene rings is 1. The first-order valence-corrected chi connectivity index (χ1v) is 6.92. The maximum Gasteiger partial charge on any atom is 0.254 e. The van der Waals surface area contributed by atoms with Gasteiger partial charge in [0.15, 0.2) is 0 Å². The number of amides is 1. The molecule has 2 aromatic heterocycles. The Balaban J connectivity index is 1.79. The number of H-pyrrole nitrogens is 1. The number of rotatable bonds is 3. The van der Waals surface area contributed by atoms with E-state index in [0.29, 0.717) is 5.56 Å². The Hall–Kier alpha value is -2.56. The summed E-state index contributed by atoms with van der Waals surface area (Å²) >= 11 is 0. The van der Waals surface area contributed by atoms with Crippen LogP contribution in [0.5, 0.6) is 0 Å². The molecule has 0 radical (unpaired) electrons. The molecule has 0 aliphatic carbocycles. The number of aromatic amines is 1. The molecular weight excluding hydrogens is 264 g/mol. The lowest BCUT2D eigenvalue weighted by Gasteiger charge is -2.13. The molecule has 0 saturated heterocycles. The van der Waals surface area contributed by atoms with Crippen LogP contribution in [0, 0.1) is 6.92 Å². The fourth-order valence-electron chi connectivity index (χ4n) is 2.47. The number of nitrogens with zero attached hydrogens (tertiary/aromatic N) is 2. The van der Waals surface area contributed by atoms with E-state index < -0.39 is 0 Å². The third-order valence-corrected chi connectivity index (χ3v) is 3.59. The van der Waals surface area contributed by atoms with E-state index in [0.717, 1.165) is 22.2 Å². The lowest BCUT2D eigenvalue weighted by Crippen LogP contribution is -2.26.